The van der Waals surface area contributed by atoms with Crippen LogP contribution in [0.2, 0.25) is 0 Å². The second-order valence-electron chi connectivity index (χ2n) is 8.28. The topological polar surface area (TPSA) is 87.7 Å². The summed E-state index contributed by atoms with van der Waals surface area (Å²) in [6, 6.07) is 16.6. The van der Waals surface area contributed by atoms with Gasteiger partial charge in [-0.05, 0) is 85.5 Å². The number of carbonyl (C=O) groups excluding carboxylic acids is 1. The van der Waals surface area contributed by atoms with Gasteiger partial charge in [-0.25, -0.2) is 17.6 Å². The molecule has 0 atom stereocenters. The number of anilines is 3. The van der Waals surface area contributed by atoms with Crippen molar-refractivity contribution in [1.29, 1.82) is 0 Å². The Morgan fingerprint density at radius 2 is 1.69 bits per heavy atom. The summed E-state index contributed by atoms with van der Waals surface area (Å²) < 4.78 is 46.7. The fraction of sp³-hybridized carbons (Fsp3) is 0.269. The van der Waals surface area contributed by atoms with E-state index in [1.165, 1.54) is 16.4 Å². The number of benzene rings is 3. The maximum atomic E-state index is 13.3. The van der Waals surface area contributed by atoms with Crippen LogP contribution in [0.3, 0.4) is 0 Å². The Morgan fingerprint density at radius 1 is 1.00 bits per heavy atom. The highest BCUT2D eigenvalue weighted by Gasteiger charge is 2.29. The molecule has 35 heavy (non-hydrogen) atoms. The second kappa shape index (κ2) is 10.8. The molecule has 1 heterocycles. The van der Waals surface area contributed by atoms with E-state index in [0.29, 0.717) is 36.6 Å². The molecule has 0 saturated heterocycles. The predicted octanol–water partition coefficient (Wildman–Crippen LogP) is 5.79. The number of sulfonamides is 1. The van der Waals surface area contributed by atoms with E-state index in [0.717, 1.165) is 42.7 Å². The first-order chi connectivity index (χ1) is 16.9. The number of aryl methyl sites for hydroxylation is 1. The molecule has 184 valence electrons. The van der Waals surface area contributed by atoms with Crippen LogP contribution in [0.5, 0.6) is 5.75 Å². The van der Waals surface area contributed by atoms with Crippen LogP contribution in [0.15, 0.2) is 71.6 Å². The highest BCUT2D eigenvalue weighted by atomic mass is 32.2. The van der Waals surface area contributed by atoms with Gasteiger partial charge in [0.15, 0.2) is 0 Å². The molecule has 2 N–H and O–H groups in total. The minimum atomic E-state index is -3.87. The standard InChI is InChI=1S/C26H28FN3O4S/c1-2-3-17-34-23-12-10-21(11-13-23)28-26(31)29-22-9-6-19-5-4-16-30(25(19)18-22)35(32,33)24-14-7-20(27)8-15-24/h6-15,18H,2-5,16-17H2,1H3,(H2,28,29,31). The molecule has 2 amide bonds. The number of hydrogen-bond acceptors (Lipinski definition) is 4. The van der Waals surface area contributed by atoms with Crippen molar-refractivity contribution in [3.8, 4) is 5.75 Å². The van der Waals surface area contributed by atoms with Gasteiger partial charge in [-0.15, -0.1) is 0 Å². The summed E-state index contributed by atoms with van der Waals surface area (Å²) in [6.45, 7) is 3.05. The zero-order chi connectivity index (χ0) is 24.8. The molecule has 0 aliphatic carbocycles. The number of nitrogens with one attached hydrogen (secondary N) is 2. The Kier molecular flexibility index (Phi) is 7.55. The van der Waals surface area contributed by atoms with E-state index in [2.05, 4.69) is 17.6 Å². The average Bonchev–Trinajstić information content (AvgIpc) is 2.85. The third kappa shape index (κ3) is 5.92. The van der Waals surface area contributed by atoms with Crippen molar-refractivity contribution < 1.29 is 22.3 Å². The number of hydrogen-bond donors (Lipinski definition) is 2. The van der Waals surface area contributed by atoms with Gasteiger partial charge in [0.1, 0.15) is 11.6 Å². The Balaban J connectivity index is 1.47. The lowest BCUT2D eigenvalue weighted by Gasteiger charge is -2.31. The Labute approximate surface area is 205 Å². The van der Waals surface area contributed by atoms with E-state index in [-0.39, 0.29) is 4.90 Å². The molecular formula is C26H28FN3O4S. The summed E-state index contributed by atoms with van der Waals surface area (Å²) in [5.41, 5.74) is 2.43. The SMILES string of the molecule is CCCCOc1ccc(NC(=O)Nc2ccc3c(c2)N(S(=O)(=O)c2ccc(F)cc2)CCC3)cc1. The van der Waals surface area contributed by atoms with Crippen molar-refractivity contribution in [3.05, 3.63) is 78.1 Å². The molecule has 3 aromatic rings. The number of fused-ring (bicyclic) bond motifs is 1. The highest BCUT2D eigenvalue weighted by Crippen LogP contribution is 2.34. The zero-order valence-corrected chi connectivity index (χ0v) is 20.3. The number of urea groups is 1. The van der Waals surface area contributed by atoms with E-state index in [1.54, 1.807) is 36.4 Å². The fourth-order valence-electron chi connectivity index (χ4n) is 3.86. The van der Waals surface area contributed by atoms with Gasteiger partial charge in [-0.1, -0.05) is 19.4 Å². The minimum absolute atomic E-state index is 0.0185. The van der Waals surface area contributed by atoms with E-state index >= 15 is 0 Å². The lowest BCUT2D eigenvalue weighted by Crippen LogP contribution is -2.35. The van der Waals surface area contributed by atoms with Crippen LogP contribution in [0.4, 0.5) is 26.2 Å². The Morgan fingerprint density at radius 3 is 2.40 bits per heavy atom. The van der Waals surface area contributed by atoms with Crippen molar-refractivity contribution in [2.45, 2.75) is 37.5 Å². The molecule has 0 spiro atoms. The molecule has 0 saturated carbocycles. The maximum Gasteiger partial charge on any atom is 0.323 e. The van der Waals surface area contributed by atoms with Crippen LogP contribution in [-0.2, 0) is 16.4 Å². The first-order valence-electron chi connectivity index (χ1n) is 11.6. The molecule has 3 aromatic carbocycles. The molecule has 7 nitrogen and oxygen atoms in total. The van der Waals surface area contributed by atoms with Crippen LogP contribution < -0.4 is 19.7 Å². The molecule has 9 heteroatoms. The van der Waals surface area contributed by atoms with Crippen LogP contribution in [0.1, 0.15) is 31.7 Å². The number of nitrogens with zero attached hydrogens (tertiary/aromatic N) is 1. The van der Waals surface area contributed by atoms with Gasteiger partial charge < -0.3 is 15.4 Å². The van der Waals surface area contributed by atoms with Crippen LogP contribution in [0, 0.1) is 5.82 Å². The van der Waals surface area contributed by atoms with Gasteiger partial charge in [0.2, 0.25) is 0 Å². The van der Waals surface area contributed by atoms with Gasteiger partial charge in [0.05, 0.1) is 17.2 Å². The van der Waals surface area contributed by atoms with E-state index < -0.39 is 21.9 Å². The van der Waals surface area contributed by atoms with Crippen LogP contribution in [-0.4, -0.2) is 27.6 Å². The molecule has 4 rings (SSSR count). The number of amides is 2. The third-order valence-electron chi connectivity index (χ3n) is 5.70. The molecule has 1 aliphatic heterocycles. The maximum absolute atomic E-state index is 13.3. The molecule has 1 aliphatic rings. The first-order valence-corrected chi connectivity index (χ1v) is 13.0. The Bertz CT molecular complexity index is 1280. The number of carbonyl (C=O) groups is 1. The molecule has 0 unspecified atom stereocenters. The summed E-state index contributed by atoms with van der Waals surface area (Å²) in [5.74, 6) is 0.237. The normalized spacial score (nSPS) is 13.1. The van der Waals surface area contributed by atoms with Gasteiger partial charge in [0, 0.05) is 17.9 Å². The quantitative estimate of drug-likeness (QED) is 0.386. The summed E-state index contributed by atoms with van der Waals surface area (Å²) in [6.07, 6.45) is 3.42. The molecule has 0 radical (unpaired) electrons. The largest absolute Gasteiger partial charge is 0.494 e. The van der Waals surface area contributed by atoms with E-state index in [4.69, 9.17) is 4.74 Å². The smallest absolute Gasteiger partial charge is 0.323 e. The minimum Gasteiger partial charge on any atom is -0.494 e. The van der Waals surface area contributed by atoms with Gasteiger partial charge in [-0.2, -0.15) is 0 Å². The van der Waals surface area contributed by atoms with Crippen LogP contribution in [0.25, 0.3) is 0 Å². The molecule has 0 bridgehead atoms. The highest BCUT2D eigenvalue weighted by molar-refractivity contribution is 7.92. The Hall–Kier alpha value is -3.59. The molecule has 0 fully saturated rings. The van der Waals surface area contributed by atoms with Crippen molar-refractivity contribution in [3.63, 3.8) is 0 Å². The lowest BCUT2D eigenvalue weighted by molar-refractivity contribution is 0.262. The van der Waals surface area contributed by atoms with Gasteiger partial charge in [0.25, 0.3) is 10.0 Å². The summed E-state index contributed by atoms with van der Waals surface area (Å²) in [7, 11) is -3.87. The number of rotatable bonds is 8. The second-order valence-corrected chi connectivity index (χ2v) is 10.1. The van der Waals surface area contributed by atoms with Crippen molar-refractivity contribution >= 4 is 33.1 Å². The van der Waals surface area contributed by atoms with Crippen LogP contribution >= 0.6 is 0 Å². The zero-order valence-electron chi connectivity index (χ0n) is 19.5. The van der Waals surface area contributed by atoms with Gasteiger partial charge >= 0.3 is 6.03 Å². The summed E-state index contributed by atoms with van der Waals surface area (Å²) >= 11 is 0. The summed E-state index contributed by atoms with van der Waals surface area (Å²) in [5, 5.41) is 5.53. The fourth-order valence-corrected chi connectivity index (χ4v) is 5.40. The predicted molar refractivity (Wildman–Crippen MR) is 135 cm³/mol. The van der Waals surface area contributed by atoms with Gasteiger partial charge in [-0.3, -0.25) is 4.31 Å². The molecule has 0 aromatic heterocycles. The first kappa shape index (κ1) is 24.5. The number of ether oxygens (including phenoxy) is 1. The summed E-state index contributed by atoms with van der Waals surface area (Å²) in [4.78, 5) is 12.6. The van der Waals surface area contributed by atoms with E-state index in [1.807, 2.05) is 6.07 Å². The lowest BCUT2D eigenvalue weighted by atomic mass is 10.0. The average molecular weight is 498 g/mol. The number of halogens is 1. The third-order valence-corrected chi connectivity index (χ3v) is 7.53. The van der Waals surface area contributed by atoms with Crippen molar-refractivity contribution in [2.24, 2.45) is 0 Å². The van der Waals surface area contributed by atoms with Crippen molar-refractivity contribution in [1.82, 2.24) is 0 Å². The van der Waals surface area contributed by atoms with Crippen molar-refractivity contribution in [2.75, 3.05) is 28.1 Å². The van der Waals surface area contributed by atoms with E-state index in [9.17, 15) is 17.6 Å². The number of unbranched alkanes of at least 4 members (excludes halogenated alkanes) is 1. The monoisotopic (exact) mass is 497 g/mol. The molecular weight excluding hydrogens is 469 g/mol.